The van der Waals surface area contributed by atoms with E-state index in [0.29, 0.717) is 28.2 Å². The third-order valence-corrected chi connectivity index (χ3v) is 7.12. The van der Waals surface area contributed by atoms with E-state index in [0.717, 1.165) is 30.6 Å². The summed E-state index contributed by atoms with van der Waals surface area (Å²) < 4.78 is 10.5. The molecule has 1 aliphatic heterocycles. The standard InChI is InChI=1S/C29H28N2O5/c1-35-24-13-9-22(10-14-24)29(23-11-15-25(36-2)16-12-23)27(33)31(28(34)30-29)18-26(32)21-8-7-19-5-3-4-6-20(19)17-21/h7-17H,3-6,18H2,1-2H3,(H,30,34). The van der Waals surface area contributed by atoms with Crippen LogP contribution < -0.4 is 14.8 Å². The van der Waals surface area contributed by atoms with E-state index >= 15 is 0 Å². The van der Waals surface area contributed by atoms with E-state index in [1.807, 2.05) is 12.1 Å². The Labute approximate surface area is 210 Å². The van der Waals surface area contributed by atoms with Crippen molar-refractivity contribution in [2.75, 3.05) is 20.8 Å². The Balaban J connectivity index is 1.49. The summed E-state index contributed by atoms with van der Waals surface area (Å²) in [5.74, 6) is 0.473. The van der Waals surface area contributed by atoms with Gasteiger partial charge in [0.25, 0.3) is 5.91 Å². The Morgan fingerprint density at radius 1 is 0.833 bits per heavy atom. The molecule has 1 N–H and O–H groups in total. The monoisotopic (exact) mass is 484 g/mol. The van der Waals surface area contributed by atoms with E-state index in [9.17, 15) is 14.4 Å². The summed E-state index contributed by atoms with van der Waals surface area (Å²) in [5.41, 5.74) is 2.61. The minimum absolute atomic E-state index is 0.271. The molecule has 7 nitrogen and oxygen atoms in total. The second kappa shape index (κ2) is 9.49. The van der Waals surface area contributed by atoms with E-state index in [-0.39, 0.29) is 12.3 Å². The molecule has 1 fully saturated rings. The molecule has 36 heavy (non-hydrogen) atoms. The van der Waals surface area contributed by atoms with Crippen molar-refractivity contribution in [3.8, 4) is 11.5 Å². The first-order chi connectivity index (χ1) is 17.5. The van der Waals surface area contributed by atoms with Gasteiger partial charge in [0.1, 0.15) is 11.5 Å². The van der Waals surface area contributed by atoms with Crippen molar-refractivity contribution >= 4 is 17.7 Å². The van der Waals surface area contributed by atoms with Crippen molar-refractivity contribution in [3.05, 3.63) is 94.5 Å². The fourth-order valence-corrected chi connectivity index (χ4v) is 5.10. The number of hydrogen-bond donors (Lipinski definition) is 1. The van der Waals surface area contributed by atoms with Crippen molar-refractivity contribution in [1.29, 1.82) is 0 Å². The fraction of sp³-hybridized carbons (Fsp3) is 0.276. The van der Waals surface area contributed by atoms with E-state index in [4.69, 9.17) is 9.47 Å². The van der Waals surface area contributed by atoms with Crippen LogP contribution >= 0.6 is 0 Å². The lowest BCUT2D eigenvalue weighted by Gasteiger charge is -2.28. The Hall–Kier alpha value is -4.13. The summed E-state index contributed by atoms with van der Waals surface area (Å²) in [6.07, 6.45) is 4.21. The van der Waals surface area contributed by atoms with Gasteiger partial charge in [0, 0.05) is 5.56 Å². The molecule has 0 atom stereocenters. The topological polar surface area (TPSA) is 84.9 Å². The van der Waals surface area contributed by atoms with Gasteiger partial charge in [0.15, 0.2) is 11.3 Å². The molecular weight excluding hydrogens is 456 g/mol. The minimum atomic E-state index is -1.48. The molecule has 184 valence electrons. The highest BCUT2D eigenvalue weighted by Crippen LogP contribution is 2.37. The van der Waals surface area contributed by atoms with Gasteiger partial charge in [0.05, 0.1) is 20.8 Å². The molecule has 0 aromatic heterocycles. The SMILES string of the molecule is COc1ccc(C2(c3ccc(OC)cc3)NC(=O)N(CC(=O)c3ccc4c(c3)CCCC4)C2=O)cc1. The normalized spacial score (nSPS) is 16.3. The smallest absolute Gasteiger partial charge is 0.325 e. The third-order valence-electron chi connectivity index (χ3n) is 7.12. The number of fused-ring (bicyclic) bond motifs is 1. The van der Waals surface area contributed by atoms with Crippen LogP contribution in [0.25, 0.3) is 0 Å². The molecule has 0 spiro atoms. The molecule has 1 saturated heterocycles. The highest BCUT2D eigenvalue weighted by molar-refractivity contribution is 6.13. The number of ether oxygens (including phenoxy) is 2. The second-order valence-corrected chi connectivity index (χ2v) is 9.14. The van der Waals surface area contributed by atoms with Crippen LogP contribution in [0.2, 0.25) is 0 Å². The number of ketones is 1. The molecule has 3 aromatic rings. The zero-order valence-corrected chi connectivity index (χ0v) is 20.4. The van der Waals surface area contributed by atoms with Gasteiger partial charge in [-0.1, -0.05) is 36.4 Å². The van der Waals surface area contributed by atoms with Crippen LogP contribution in [0.15, 0.2) is 66.7 Å². The van der Waals surface area contributed by atoms with Crippen molar-refractivity contribution in [1.82, 2.24) is 10.2 Å². The number of nitrogens with one attached hydrogen (secondary N) is 1. The van der Waals surface area contributed by atoms with Gasteiger partial charge < -0.3 is 14.8 Å². The van der Waals surface area contributed by atoms with Gasteiger partial charge in [-0.05, 0) is 78.3 Å². The first kappa shape index (κ1) is 23.6. The third kappa shape index (κ3) is 4.00. The van der Waals surface area contributed by atoms with Crippen LogP contribution in [0, 0.1) is 0 Å². The molecule has 5 rings (SSSR count). The number of benzene rings is 3. The highest BCUT2D eigenvalue weighted by atomic mass is 16.5. The molecule has 3 aromatic carbocycles. The van der Waals surface area contributed by atoms with Crippen LogP contribution in [0.5, 0.6) is 11.5 Å². The molecule has 3 amide bonds. The Morgan fingerprint density at radius 2 is 1.39 bits per heavy atom. The first-order valence-corrected chi connectivity index (χ1v) is 12.0. The Bertz CT molecular complexity index is 1270. The van der Waals surface area contributed by atoms with Crippen LogP contribution in [0.3, 0.4) is 0 Å². The van der Waals surface area contributed by atoms with Crippen molar-refractivity contribution < 1.29 is 23.9 Å². The maximum absolute atomic E-state index is 14.0. The number of hydrogen-bond acceptors (Lipinski definition) is 5. The molecule has 0 bridgehead atoms. The molecule has 2 aliphatic rings. The largest absolute Gasteiger partial charge is 0.497 e. The molecule has 1 heterocycles. The van der Waals surface area contributed by atoms with Crippen molar-refractivity contribution in [2.24, 2.45) is 0 Å². The van der Waals surface area contributed by atoms with E-state index in [1.165, 1.54) is 11.1 Å². The fourth-order valence-electron chi connectivity index (χ4n) is 5.10. The van der Waals surface area contributed by atoms with Gasteiger partial charge in [-0.15, -0.1) is 0 Å². The number of methoxy groups -OCH3 is 2. The number of carbonyl (C=O) groups excluding carboxylic acids is 3. The van der Waals surface area contributed by atoms with Gasteiger partial charge >= 0.3 is 6.03 Å². The minimum Gasteiger partial charge on any atom is -0.497 e. The lowest BCUT2D eigenvalue weighted by Crippen LogP contribution is -2.45. The van der Waals surface area contributed by atoms with Gasteiger partial charge in [0.2, 0.25) is 0 Å². The number of aryl methyl sites for hydroxylation is 2. The van der Waals surface area contributed by atoms with Gasteiger partial charge in [-0.2, -0.15) is 0 Å². The lowest BCUT2D eigenvalue weighted by atomic mass is 9.82. The summed E-state index contributed by atoms with van der Waals surface area (Å²) in [6, 6.07) is 19.0. The number of imide groups is 1. The summed E-state index contributed by atoms with van der Waals surface area (Å²) >= 11 is 0. The summed E-state index contributed by atoms with van der Waals surface area (Å²) in [5, 5.41) is 2.89. The Morgan fingerprint density at radius 3 is 1.94 bits per heavy atom. The van der Waals surface area contributed by atoms with E-state index in [2.05, 4.69) is 5.32 Å². The number of Topliss-reactive ketones (excluding diaryl/α,β-unsaturated/α-hetero) is 1. The predicted molar refractivity (Wildman–Crippen MR) is 134 cm³/mol. The molecular formula is C29H28N2O5. The summed E-state index contributed by atoms with van der Waals surface area (Å²) in [6.45, 7) is -0.336. The molecule has 1 aliphatic carbocycles. The number of amides is 3. The van der Waals surface area contributed by atoms with Crippen LogP contribution in [0.1, 0.15) is 45.5 Å². The second-order valence-electron chi connectivity index (χ2n) is 9.14. The average Bonchev–Trinajstić information content (AvgIpc) is 3.18. The van der Waals surface area contributed by atoms with Gasteiger partial charge in [-0.3, -0.25) is 14.5 Å². The molecule has 0 radical (unpaired) electrons. The van der Waals surface area contributed by atoms with Crippen LogP contribution in [0.4, 0.5) is 4.79 Å². The Kier molecular flexibility index (Phi) is 6.22. The quantitative estimate of drug-likeness (QED) is 0.400. The highest BCUT2D eigenvalue weighted by Gasteiger charge is 2.54. The molecule has 7 heteroatoms. The maximum Gasteiger partial charge on any atom is 0.325 e. The summed E-state index contributed by atoms with van der Waals surface area (Å²) in [4.78, 5) is 41.4. The van der Waals surface area contributed by atoms with E-state index in [1.54, 1.807) is 68.8 Å². The number of carbonyl (C=O) groups is 3. The van der Waals surface area contributed by atoms with Gasteiger partial charge in [-0.25, -0.2) is 4.79 Å². The zero-order chi connectivity index (χ0) is 25.3. The number of urea groups is 1. The van der Waals surface area contributed by atoms with Crippen LogP contribution in [-0.4, -0.2) is 43.4 Å². The molecule has 0 saturated carbocycles. The van der Waals surface area contributed by atoms with Crippen molar-refractivity contribution in [3.63, 3.8) is 0 Å². The summed E-state index contributed by atoms with van der Waals surface area (Å²) in [7, 11) is 3.12. The number of rotatable bonds is 7. The predicted octanol–water partition coefficient (Wildman–Crippen LogP) is 4.26. The number of nitrogens with zero attached hydrogens (tertiary/aromatic N) is 1. The maximum atomic E-state index is 14.0. The van der Waals surface area contributed by atoms with E-state index < -0.39 is 17.5 Å². The first-order valence-electron chi connectivity index (χ1n) is 12.0. The molecule has 0 unspecified atom stereocenters. The zero-order valence-electron chi connectivity index (χ0n) is 20.4. The van der Waals surface area contributed by atoms with Crippen molar-refractivity contribution in [2.45, 2.75) is 31.2 Å². The lowest BCUT2D eigenvalue weighted by molar-refractivity contribution is -0.129. The average molecular weight is 485 g/mol. The van der Waals surface area contributed by atoms with Crippen LogP contribution in [-0.2, 0) is 23.2 Å².